The summed E-state index contributed by atoms with van der Waals surface area (Å²) in [7, 11) is 0. The monoisotopic (exact) mass is 365 g/mol. The molecular formula is C21H23N3OS. The van der Waals surface area contributed by atoms with Gasteiger partial charge >= 0.3 is 0 Å². The zero-order valence-corrected chi connectivity index (χ0v) is 15.8. The second-order valence-corrected chi connectivity index (χ2v) is 8.08. The molecule has 0 atom stereocenters. The van der Waals surface area contributed by atoms with E-state index in [-0.39, 0.29) is 0 Å². The number of aryl methyl sites for hydroxylation is 1. The third-order valence-corrected chi connectivity index (χ3v) is 6.30. The van der Waals surface area contributed by atoms with E-state index in [1.807, 2.05) is 42.1 Å². The molecular weight excluding hydrogens is 342 g/mol. The smallest absolute Gasteiger partial charge is 0.241 e. The molecule has 4 nitrogen and oxygen atoms in total. The fraction of sp³-hybridized carbons (Fsp3) is 0.333. The van der Waals surface area contributed by atoms with Crippen LogP contribution in [0.5, 0.6) is 0 Å². The Hall–Kier alpha value is -2.11. The standard InChI is InChI=1S/C21H23N3OS/c1-16-7-5-6-10-19(16)26-18-11-13-24(14-12-18)15-20-22-21(23-25-20)17-8-3-2-4-9-17/h2-10,18H,11-15H2,1H3. The first-order valence-corrected chi connectivity index (χ1v) is 9.98. The molecule has 2 aromatic carbocycles. The predicted octanol–water partition coefficient (Wildman–Crippen LogP) is 4.80. The Morgan fingerprint density at radius 3 is 2.54 bits per heavy atom. The van der Waals surface area contributed by atoms with Crippen LogP contribution in [0.1, 0.15) is 24.3 Å². The molecule has 0 saturated carbocycles. The van der Waals surface area contributed by atoms with Gasteiger partial charge in [-0.3, -0.25) is 4.90 Å². The number of likely N-dealkylation sites (tertiary alicyclic amines) is 1. The van der Waals surface area contributed by atoms with Crippen molar-refractivity contribution in [2.45, 2.75) is 36.5 Å². The Bertz CT molecular complexity index is 841. The number of hydrogen-bond donors (Lipinski definition) is 0. The van der Waals surface area contributed by atoms with Crippen molar-refractivity contribution in [3.63, 3.8) is 0 Å². The van der Waals surface area contributed by atoms with E-state index in [2.05, 4.69) is 46.2 Å². The highest BCUT2D eigenvalue weighted by Crippen LogP contribution is 2.32. The zero-order valence-electron chi connectivity index (χ0n) is 15.0. The number of benzene rings is 2. The normalized spacial score (nSPS) is 16.0. The van der Waals surface area contributed by atoms with Gasteiger partial charge in [-0.25, -0.2) is 0 Å². The van der Waals surface area contributed by atoms with Crippen LogP contribution in [0.2, 0.25) is 0 Å². The SMILES string of the molecule is Cc1ccccc1SC1CCN(Cc2nc(-c3ccccc3)no2)CC1. The topological polar surface area (TPSA) is 42.2 Å². The van der Waals surface area contributed by atoms with Crippen LogP contribution in [0.3, 0.4) is 0 Å². The lowest BCUT2D eigenvalue weighted by molar-refractivity contribution is 0.196. The van der Waals surface area contributed by atoms with Crippen LogP contribution in [-0.2, 0) is 6.54 Å². The molecule has 1 aliphatic heterocycles. The van der Waals surface area contributed by atoms with Crippen LogP contribution < -0.4 is 0 Å². The molecule has 134 valence electrons. The van der Waals surface area contributed by atoms with E-state index < -0.39 is 0 Å². The van der Waals surface area contributed by atoms with E-state index >= 15 is 0 Å². The minimum atomic E-state index is 0.672. The summed E-state index contributed by atoms with van der Waals surface area (Å²) in [5.41, 5.74) is 2.37. The maximum absolute atomic E-state index is 5.45. The van der Waals surface area contributed by atoms with Crippen LogP contribution >= 0.6 is 11.8 Å². The van der Waals surface area contributed by atoms with Crippen molar-refractivity contribution in [1.82, 2.24) is 15.0 Å². The Morgan fingerprint density at radius 2 is 1.77 bits per heavy atom. The van der Waals surface area contributed by atoms with Crippen molar-refractivity contribution in [3.05, 3.63) is 66.1 Å². The van der Waals surface area contributed by atoms with Gasteiger partial charge in [0.1, 0.15) is 0 Å². The molecule has 0 amide bonds. The number of nitrogens with zero attached hydrogens (tertiary/aromatic N) is 3. The van der Waals surface area contributed by atoms with Gasteiger partial charge in [-0.1, -0.05) is 53.7 Å². The Balaban J connectivity index is 1.30. The Kier molecular flexibility index (Phi) is 5.37. The third kappa shape index (κ3) is 4.17. The van der Waals surface area contributed by atoms with Crippen LogP contribution in [0, 0.1) is 6.92 Å². The van der Waals surface area contributed by atoms with Crippen LogP contribution in [0.4, 0.5) is 0 Å². The van der Waals surface area contributed by atoms with Gasteiger partial charge in [-0.15, -0.1) is 11.8 Å². The van der Waals surface area contributed by atoms with E-state index in [1.54, 1.807) is 0 Å². The average molecular weight is 366 g/mol. The molecule has 3 aromatic rings. The zero-order chi connectivity index (χ0) is 17.8. The third-order valence-electron chi connectivity index (χ3n) is 4.78. The van der Waals surface area contributed by atoms with Crippen molar-refractivity contribution in [1.29, 1.82) is 0 Å². The largest absolute Gasteiger partial charge is 0.338 e. The highest BCUT2D eigenvalue weighted by Gasteiger charge is 2.22. The second-order valence-electron chi connectivity index (χ2n) is 6.74. The lowest BCUT2D eigenvalue weighted by Crippen LogP contribution is -2.34. The predicted molar refractivity (Wildman–Crippen MR) is 105 cm³/mol. The number of thioether (sulfide) groups is 1. The molecule has 1 aromatic heterocycles. The van der Waals surface area contributed by atoms with Gasteiger partial charge < -0.3 is 4.52 Å². The van der Waals surface area contributed by atoms with E-state index in [0.29, 0.717) is 17.0 Å². The van der Waals surface area contributed by atoms with Gasteiger partial charge in [0, 0.05) is 15.7 Å². The number of rotatable bonds is 5. The Labute approximate surface area is 158 Å². The van der Waals surface area contributed by atoms with E-state index in [9.17, 15) is 0 Å². The molecule has 5 heteroatoms. The maximum Gasteiger partial charge on any atom is 0.241 e. The molecule has 1 fully saturated rings. The summed E-state index contributed by atoms with van der Waals surface area (Å²) in [6.07, 6.45) is 2.39. The van der Waals surface area contributed by atoms with E-state index in [1.165, 1.54) is 23.3 Å². The first-order chi connectivity index (χ1) is 12.8. The molecule has 26 heavy (non-hydrogen) atoms. The summed E-state index contributed by atoms with van der Waals surface area (Å²) < 4.78 is 5.45. The summed E-state index contributed by atoms with van der Waals surface area (Å²) in [5, 5.41) is 4.81. The summed E-state index contributed by atoms with van der Waals surface area (Å²) in [6, 6.07) is 18.6. The van der Waals surface area contributed by atoms with Gasteiger partial charge in [0.25, 0.3) is 0 Å². The van der Waals surface area contributed by atoms with E-state index in [4.69, 9.17) is 4.52 Å². The van der Waals surface area contributed by atoms with Crippen molar-refractivity contribution < 1.29 is 4.52 Å². The van der Waals surface area contributed by atoms with Gasteiger partial charge in [-0.2, -0.15) is 4.98 Å². The van der Waals surface area contributed by atoms with Crippen LogP contribution in [-0.4, -0.2) is 33.4 Å². The second kappa shape index (κ2) is 8.06. The number of piperidine rings is 1. The van der Waals surface area contributed by atoms with Gasteiger partial charge in [0.15, 0.2) is 0 Å². The quantitative estimate of drug-likeness (QED) is 0.649. The van der Waals surface area contributed by atoms with Gasteiger partial charge in [-0.05, 0) is 44.5 Å². The first-order valence-electron chi connectivity index (χ1n) is 9.10. The molecule has 0 aliphatic carbocycles. The summed E-state index contributed by atoms with van der Waals surface area (Å²) >= 11 is 2.02. The van der Waals surface area contributed by atoms with Crippen molar-refractivity contribution in [3.8, 4) is 11.4 Å². The minimum Gasteiger partial charge on any atom is -0.338 e. The molecule has 1 saturated heterocycles. The first kappa shape index (κ1) is 17.3. The van der Waals surface area contributed by atoms with Crippen molar-refractivity contribution >= 4 is 11.8 Å². The fourth-order valence-electron chi connectivity index (χ4n) is 3.27. The number of hydrogen-bond acceptors (Lipinski definition) is 5. The highest BCUT2D eigenvalue weighted by molar-refractivity contribution is 8.00. The molecule has 4 rings (SSSR count). The number of aromatic nitrogens is 2. The van der Waals surface area contributed by atoms with E-state index in [0.717, 1.165) is 25.2 Å². The lowest BCUT2D eigenvalue weighted by atomic mass is 10.1. The van der Waals surface area contributed by atoms with Crippen LogP contribution in [0.15, 0.2) is 64.0 Å². The lowest BCUT2D eigenvalue weighted by Gasteiger charge is -2.30. The molecule has 0 radical (unpaired) electrons. The molecule has 0 N–H and O–H groups in total. The minimum absolute atomic E-state index is 0.672. The average Bonchev–Trinajstić information content (AvgIpc) is 3.14. The summed E-state index contributed by atoms with van der Waals surface area (Å²) in [4.78, 5) is 8.37. The Morgan fingerprint density at radius 1 is 1.04 bits per heavy atom. The van der Waals surface area contributed by atoms with Crippen molar-refractivity contribution in [2.24, 2.45) is 0 Å². The molecule has 2 heterocycles. The highest BCUT2D eigenvalue weighted by atomic mass is 32.2. The van der Waals surface area contributed by atoms with Crippen molar-refractivity contribution in [2.75, 3.05) is 13.1 Å². The molecule has 0 spiro atoms. The summed E-state index contributed by atoms with van der Waals surface area (Å²) in [5.74, 6) is 1.37. The van der Waals surface area contributed by atoms with Gasteiger partial charge in [0.2, 0.25) is 11.7 Å². The fourth-order valence-corrected chi connectivity index (χ4v) is 4.49. The van der Waals surface area contributed by atoms with Gasteiger partial charge in [0.05, 0.1) is 6.54 Å². The van der Waals surface area contributed by atoms with Crippen LogP contribution in [0.25, 0.3) is 11.4 Å². The molecule has 0 bridgehead atoms. The molecule has 0 unspecified atom stereocenters. The maximum atomic E-state index is 5.45. The summed E-state index contributed by atoms with van der Waals surface area (Å²) in [6.45, 7) is 5.08. The molecule has 1 aliphatic rings.